The number of rotatable bonds is 1. The molecule has 1 amide bonds. The van der Waals surface area contributed by atoms with Crippen LogP contribution in [0.25, 0.3) is 0 Å². The molecular formula is C17H16N2O2. The first kappa shape index (κ1) is 12.3. The van der Waals surface area contributed by atoms with E-state index in [4.69, 9.17) is 4.74 Å². The Balaban J connectivity index is 1.60. The second kappa shape index (κ2) is 4.81. The van der Waals surface area contributed by atoms with Gasteiger partial charge in [-0.05, 0) is 23.8 Å². The van der Waals surface area contributed by atoms with Crippen LogP contribution in [0.5, 0.6) is 5.75 Å². The quantitative estimate of drug-likeness (QED) is 0.872. The van der Waals surface area contributed by atoms with Gasteiger partial charge in [-0.25, -0.2) is 0 Å². The van der Waals surface area contributed by atoms with Crippen molar-refractivity contribution >= 4 is 17.3 Å². The number of carbonyl (C=O) groups is 1. The van der Waals surface area contributed by atoms with E-state index in [0.717, 1.165) is 23.5 Å². The number of nitrogens with one attached hydrogen (secondary N) is 1. The van der Waals surface area contributed by atoms with E-state index in [9.17, 15) is 4.79 Å². The van der Waals surface area contributed by atoms with Crippen LogP contribution < -0.4 is 15.0 Å². The van der Waals surface area contributed by atoms with Gasteiger partial charge in [-0.1, -0.05) is 30.3 Å². The van der Waals surface area contributed by atoms with Crippen LogP contribution in [-0.4, -0.2) is 25.1 Å². The Morgan fingerprint density at radius 2 is 1.95 bits per heavy atom. The van der Waals surface area contributed by atoms with Gasteiger partial charge >= 0.3 is 0 Å². The van der Waals surface area contributed by atoms with Crippen LogP contribution >= 0.6 is 0 Å². The smallest absolute Gasteiger partial charge is 0.250 e. The molecule has 2 aliphatic heterocycles. The van der Waals surface area contributed by atoms with Crippen molar-refractivity contribution in [2.45, 2.75) is 12.5 Å². The number of hydrogen-bond acceptors (Lipinski definition) is 3. The van der Waals surface area contributed by atoms with Gasteiger partial charge in [0, 0.05) is 12.1 Å². The van der Waals surface area contributed by atoms with Gasteiger partial charge in [0.15, 0.2) is 0 Å². The third-order valence-corrected chi connectivity index (χ3v) is 4.06. The summed E-state index contributed by atoms with van der Waals surface area (Å²) in [6, 6.07) is 15.6. The van der Waals surface area contributed by atoms with Gasteiger partial charge in [-0.15, -0.1) is 0 Å². The monoisotopic (exact) mass is 280 g/mol. The molecule has 0 spiro atoms. The minimum absolute atomic E-state index is 0.113. The summed E-state index contributed by atoms with van der Waals surface area (Å²) in [7, 11) is 0. The summed E-state index contributed by atoms with van der Waals surface area (Å²) in [5, 5.41) is 3.33. The Bertz CT molecular complexity index is 674. The van der Waals surface area contributed by atoms with Crippen LogP contribution in [0.4, 0.5) is 11.4 Å². The molecule has 2 aromatic rings. The van der Waals surface area contributed by atoms with Gasteiger partial charge in [0.2, 0.25) is 5.91 Å². The second-order valence-electron chi connectivity index (χ2n) is 5.36. The Kier molecular flexibility index (Phi) is 2.81. The molecule has 0 aliphatic carbocycles. The zero-order chi connectivity index (χ0) is 14.2. The highest BCUT2D eigenvalue weighted by Gasteiger charge is 2.32. The van der Waals surface area contributed by atoms with E-state index in [1.165, 1.54) is 5.56 Å². The molecule has 0 unspecified atom stereocenters. The number of anilines is 2. The molecule has 1 N–H and O–H groups in total. The van der Waals surface area contributed by atoms with E-state index in [2.05, 4.69) is 11.4 Å². The molecule has 0 bridgehead atoms. The van der Waals surface area contributed by atoms with Crippen molar-refractivity contribution in [2.24, 2.45) is 0 Å². The van der Waals surface area contributed by atoms with Gasteiger partial charge in [-0.2, -0.15) is 0 Å². The second-order valence-corrected chi connectivity index (χ2v) is 5.36. The summed E-state index contributed by atoms with van der Waals surface area (Å²) in [5.41, 5.74) is 3.14. The molecule has 21 heavy (non-hydrogen) atoms. The summed E-state index contributed by atoms with van der Waals surface area (Å²) in [6.07, 6.45) is 0.745. The summed E-state index contributed by atoms with van der Waals surface area (Å²) in [6.45, 7) is 1.15. The summed E-state index contributed by atoms with van der Waals surface area (Å²) in [5.74, 6) is 0.898. The fourth-order valence-corrected chi connectivity index (χ4v) is 3.03. The van der Waals surface area contributed by atoms with Crippen LogP contribution in [0.15, 0.2) is 48.5 Å². The first-order chi connectivity index (χ1) is 10.3. The van der Waals surface area contributed by atoms with Crippen LogP contribution in [0.1, 0.15) is 5.56 Å². The number of fused-ring (bicyclic) bond motifs is 2. The molecule has 4 heteroatoms. The molecule has 2 aliphatic rings. The van der Waals surface area contributed by atoms with E-state index in [1.54, 1.807) is 0 Å². The SMILES string of the molecule is O=C([C@@H]1Cc2ccccc2N1)N1CCOc2ccccc21. The minimum Gasteiger partial charge on any atom is -0.490 e. The number of amides is 1. The Morgan fingerprint density at radius 1 is 1.14 bits per heavy atom. The predicted molar refractivity (Wildman–Crippen MR) is 81.8 cm³/mol. The molecule has 0 fully saturated rings. The molecule has 0 aromatic heterocycles. The van der Waals surface area contributed by atoms with Crippen LogP contribution in [0.3, 0.4) is 0 Å². The number of ether oxygens (including phenoxy) is 1. The molecule has 1 atom stereocenters. The molecule has 0 saturated heterocycles. The van der Waals surface area contributed by atoms with Gasteiger partial charge < -0.3 is 15.0 Å². The van der Waals surface area contributed by atoms with Crippen molar-refractivity contribution in [1.29, 1.82) is 0 Å². The van der Waals surface area contributed by atoms with E-state index in [0.29, 0.717) is 13.2 Å². The summed E-state index contributed by atoms with van der Waals surface area (Å²) < 4.78 is 5.61. The molecule has 0 radical (unpaired) electrons. The van der Waals surface area contributed by atoms with Crippen LogP contribution in [-0.2, 0) is 11.2 Å². The first-order valence-electron chi connectivity index (χ1n) is 7.20. The number of para-hydroxylation sites is 3. The molecule has 106 valence electrons. The average molecular weight is 280 g/mol. The van der Waals surface area contributed by atoms with Crippen LogP contribution in [0, 0.1) is 0 Å². The molecule has 4 rings (SSSR count). The molecule has 4 nitrogen and oxygen atoms in total. The highest BCUT2D eigenvalue weighted by atomic mass is 16.5. The van der Waals surface area contributed by atoms with Crippen molar-refractivity contribution in [3.05, 3.63) is 54.1 Å². The Labute approximate surface area is 123 Å². The number of benzene rings is 2. The van der Waals surface area contributed by atoms with Crippen molar-refractivity contribution in [3.8, 4) is 5.75 Å². The molecule has 0 saturated carbocycles. The van der Waals surface area contributed by atoms with Crippen molar-refractivity contribution in [1.82, 2.24) is 0 Å². The Morgan fingerprint density at radius 3 is 2.86 bits per heavy atom. The van der Waals surface area contributed by atoms with Crippen molar-refractivity contribution in [3.63, 3.8) is 0 Å². The fraction of sp³-hybridized carbons (Fsp3) is 0.235. The van der Waals surface area contributed by atoms with Gasteiger partial charge in [0.1, 0.15) is 18.4 Å². The highest BCUT2D eigenvalue weighted by molar-refractivity contribution is 6.01. The van der Waals surface area contributed by atoms with E-state index >= 15 is 0 Å². The lowest BCUT2D eigenvalue weighted by atomic mass is 10.1. The normalized spacial score (nSPS) is 19.2. The topological polar surface area (TPSA) is 41.6 Å². The maximum Gasteiger partial charge on any atom is 0.250 e. The fourth-order valence-electron chi connectivity index (χ4n) is 3.03. The number of hydrogen-bond donors (Lipinski definition) is 1. The zero-order valence-electron chi connectivity index (χ0n) is 11.6. The maximum absolute atomic E-state index is 12.8. The lowest BCUT2D eigenvalue weighted by molar-refractivity contribution is -0.119. The summed E-state index contributed by atoms with van der Waals surface area (Å²) >= 11 is 0. The average Bonchev–Trinajstić information content (AvgIpc) is 2.97. The minimum atomic E-state index is -0.187. The van der Waals surface area contributed by atoms with Crippen molar-refractivity contribution in [2.75, 3.05) is 23.4 Å². The van der Waals surface area contributed by atoms with Gasteiger partial charge in [0.25, 0.3) is 0 Å². The van der Waals surface area contributed by atoms with Crippen LogP contribution in [0.2, 0.25) is 0 Å². The largest absolute Gasteiger partial charge is 0.490 e. The highest BCUT2D eigenvalue weighted by Crippen LogP contribution is 2.33. The molecular weight excluding hydrogens is 264 g/mol. The lowest BCUT2D eigenvalue weighted by Gasteiger charge is -2.31. The predicted octanol–water partition coefficient (Wildman–Crippen LogP) is 2.45. The summed E-state index contributed by atoms with van der Waals surface area (Å²) in [4.78, 5) is 14.7. The van der Waals surface area contributed by atoms with E-state index < -0.39 is 0 Å². The zero-order valence-corrected chi connectivity index (χ0v) is 11.6. The van der Waals surface area contributed by atoms with Gasteiger partial charge in [-0.3, -0.25) is 4.79 Å². The van der Waals surface area contributed by atoms with E-state index in [1.807, 2.05) is 47.4 Å². The molecule has 2 aromatic carbocycles. The molecule has 2 heterocycles. The number of nitrogens with zero attached hydrogens (tertiary/aromatic N) is 1. The lowest BCUT2D eigenvalue weighted by Crippen LogP contribution is -2.45. The third-order valence-electron chi connectivity index (χ3n) is 4.06. The first-order valence-corrected chi connectivity index (χ1v) is 7.20. The number of carbonyl (C=O) groups excluding carboxylic acids is 1. The maximum atomic E-state index is 12.8. The Hall–Kier alpha value is -2.49. The third kappa shape index (κ3) is 2.03. The van der Waals surface area contributed by atoms with Gasteiger partial charge in [0.05, 0.1) is 12.2 Å². The van der Waals surface area contributed by atoms with E-state index in [-0.39, 0.29) is 11.9 Å². The van der Waals surface area contributed by atoms with Crippen molar-refractivity contribution < 1.29 is 9.53 Å². The standard InChI is InChI=1S/C17H16N2O2/c20-17(14-11-12-5-1-2-6-13(12)18-14)19-9-10-21-16-8-4-3-7-15(16)19/h1-8,14,18H,9-11H2/t14-/m0/s1.